The van der Waals surface area contributed by atoms with Gasteiger partial charge in [0.05, 0.1) is 18.8 Å². The topological polar surface area (TPSA) is 18.5 Å². The molecule has 0 heterocycles. The first kappa shape index (κ1) is 22.4. The summed E-state index contributed by atoms with van der Waals surface area (Å²) in [7, 11) is 0. The van der Waals surface area contributed by atoms with E-state index in [1.54, 1.807) is 12.1 Å². The minimum atomic E-state index is -0.226. The van der Waals surface area contributed by atoms with E-state index >= 15 is 0 Å². The maximum Gasteiger partial charge on any atom is 0.138 e. The Morgan fingerprint density at radius 2 is 1.44 bits per heavy atom. The highest BCUT2D eigenvalue weighted by atomic mass is 127. The molecule has 25 heavy (non-hydrogen) atoms. The van der Waals surface area contributed by atoms with Crippen molar-refractivity contribution in [2.24, 2.45) is 0 Å². The van der Waals surface area contributed by atoms with Crippen LogP contribution in [0.15, 0.2) is 24.3 Å². The molecule has 0 radical (unpaired) electrons. The fourth-order valence-corrected chi connectivity index (χ4v) is 2.75. The van der Waals surface area contributed by atoms with Crippen LogP contribution in [0.3, 0.4) is 0 Å². The largest absolute Gasteiger partial charge is 0.379 e. The average Bonchev–Trinajstić information content (AvgIpc) is 2.63. The van der Waals surface area contributed by atoms with Gasteiger partial charge in [0.2, 0.25) is 0 Å². The van der Waals surface area contributed by atoms with Crippen molar-refractivity contribution in [2.45, 2.75) is 64.2 Å². The van der Waals surface area contributed by atoms with Gasteiger partial charge < -0.3 is 7.80 Å². The van der Waals surface area contributed by atoms with Gasteiger partial charge in [0.1, 0.15) is 28.8 Å². The lowest BCUT2D eigenvalue weighted by Gasteiger charge is -2.03. The van der Waals surface area contributed by atoms with Crippen LogP contribution in [0.2, 0.25) is 0 Å². The van der Waals surface area contributed by atoms with Crippen LogP contribution in [0.1, 0.15) is 69.8 Å². The van der Waals surface area contributed by atoms with E-state index in [9.17, 15) is 4.39 Å². The summed E-state index contributed by atoms with van der Waals surface area (Å²) in [6.07, 6.45) is 12.1. The molecule has 0 aliphatic carbocycles. The highest BCUT2D eigenvalue weighted by Gasteiger charge is 1.95. The van der Waals surface area contributed by atoms with Crippen LogP contribution in [-0.4, -0.2) is 19.8 Å². The SMILES string of the molecule is Fc1ccccc1C#CCCCCCCCCCCCOCCOI. The van der Waals surface area contributed by atoms with Crippen molar-refractivity contribution >= 4 is 23.0 Å². The number of benzene rings is 1. The van der Waals surface area contributed by atoms with Gasteiger partial charge in [0, 0.05) is 13.0 Å². The summed E-state index contributed by atoms with van der Waals surface area (Å²) < 4.78 is 23.7. The van der Waals surface area contributed by atoms with Gasteiger partial charge in [-0.25, -0.2) is 4.39 Å². The minimum absolute atomic E-state index is 0.226. The Labute approximate surface area is 166 Å². The van der Waals surface area contributed by atoms with Crippen LogP contribution in [0.5, 0.6) is 0 Å². The predicted molar refractivity (Wildman–Crippen MR) is 110 cm³/mol. The van der Waals surface area contributed by atoms with E-state index in [-0.39, 0.29) is 5.82 Å². The molecule has 4 heteroatoms. The summed E-state index contributed by atoms with van der Waals surface area (Å²) in [5, 5.41) is 0. The second kappa shape index (κ2) is 16.8. The summed E-state index contributed by atoms with van der Waals surface area (Å²) >= 11 is 1.89. The zero-order valence-electron chi connectivity index (χ0n) is 15.1. The van der Waals surface area contributed by atoms with Crippen molar-refractivity contribution in [2.75, 3.05) is 19.8 Å². The van der Waals surface area contributed by atoms with E-state index in [2.05, 4.69) is 11.8 Å². The lowest BCUT2D eigenvalue weighted by Crippen LogP contribution is -2.01. The molecule has 2 nitrogen and oxygen atoms in total. The number of halogens is 2. The monoisotopic (exact) mass is 460 g/mol. The molecule has 1 aromatic rings. The molecule has 140 valence electrons. The zero-order valence-corrected chi connectivity index (χ0v) is 17.2. The van der Waals surface area contributed by atoms with Crippen molar-refractivity contribution in [1.82, 2.24) is 0 Å². The third-order valence-corrected chi connectivity index (χ3v) is 4.43. The average molecular weight is 460 g/mol. The van der Waals surface area contributed by atoms with E-state index in [4.69, 9.17) is 7.80 Å². The molecule has 0 bridgehead atoms. The molecule has 0 aromatic heterocycles. The highest BCUT2D eigenvalue weighted by Crippen LogP contribution is 2.11. The molecular weight excluding hydrogens is 430 g/mol. The van der Waals surface area contributed by atoms with Gasteiger partial charge in [-0.3, -0.25) is 0 Å². The Kier molecular flexibility index (Phi) is 15.1. The molecule has 0 saturated heterocycles. The first-order chi connectivity index (χ1) is 12.3. The van der Waals surface area contributed by atoms with Crippen molar-refractivity contribution in [3.63, 3.8) is 0 Å². The molecule has 0 fully saturated rings. The van der Waals surface area contributed by atoms with Gasteiger partial charge in [-0.1, -0.05) is 68.9 Å². The van der Waals surface area contributed by atoms with Crippen molar-refractivity contribution < 1.29 is 12.2 Å². The zero-order chi connectivity index (χ0) is 18.0. The Bertz CT molecular complexity index is 496. The summed E-state index contributed by atoms with van der Waals surface area (Å²) in [4.78, 5) is 0. The number of unbranched alkanes of at least 4 members (excludes halogenated alkanes) is 9. The molecular formula is C21H30FIO2. The first-order valence-corrected chi connectivity index (χ1v) is 10.3. The Morgan fingerprint density at radius 3 is 2.12 bits per heavy atom. The fraction of sp³-hybridized carbons (Fsp3) is 0.619. The van der Waals surface area contributed by atoms with E-state index in [1.807, 2.05) is 29.1 Å². The molecule has 0 N–H and O–H groups in total. The quantitative estimate of drug-likeness (QED) is 0.180. The molecule has 0 unspecified atom stereocenters. The van der Waals surface area contributed by atoms with Crippen LogP contribution in [0.4, 0.5) is 4.39 Å². The van der Waals surface area contributed by atoms with Gasteiger partial charge in [0.25, 0.3) is 0 Å². The molecule has 0 atom stereocenters. The van der Waals surface area contributed by atoms with Crippen LogP contribution >= 0.6 is 23.0 Å². The van der Waals surface area contributed by atoms with E-state index in [0.29, 0.717) is 18.8 Å². The molecule has 0 amide bonds. The molecule has 1 rings (SSSR count). The number of hydrogen-bond donors (Lipinski definition) is 0. The minimum Gasteiger partial charge on any atom is -0.379 e. The maximum atomic E-state index is 13.4. The molecule has 0 spiro atoms. The third-order valence-electron chi connectivity index (χ3n) is 3.99. The Morgan fingerprint density at radius 1 is 0.800 bits per heavy atom. The smallest absolute Gasteiger partial charge is 0.138 e. The van der Waals surface area contributed by atoms with E-state index in [1.165, 1.54) is 51.0 Å². The summed E-state index contributed by atoms with van der Waals surface area (Å²) in [6, 6.07) is 6.70. The summed E-state index contributed by atoms with van der Waals surface area (Å²) in [5.74, 6) is 5.77. The first-order valence-electron chi connectivity index (χ1n) is 9.39. The summed E-state index contributed by atoms with van der Waals surface area (Å²) in [5.41, 5.74) is 0.506. The van der Waals surface area contributed by atoms with Crippen LogP contribution in [-0.2, 0) is 7.80 Å². The normalized spacial score (nSPS) is 10.5. The molecule has 0 aliphatic rings. The lowest BCUT2D eigenvalue weighted by molar-refractivity contribution is 0.109. The van der Waals surface area contributed by atoms with Gasteiger partial charge in [0.15, 0.2) is 0 Å². The van der Waals surface area contributed by atoms with Crippen LogP contribution in [0, 0.1) is 17.7 Å². The number of ether oxygens (including phenoxy) is 1. The van der Waals surface area contributed by atoms with Gasteiger partial charge in [-0.15, -0.1) is 0 Å². The van der Waals surface area contributed by atoms with Crippen molar-refractivity contribution in [3.05, 3.63) is 35.6 Å². The standard InChI is InChI=1S/C21H30FIO2/c22-21-16-12-11-15-20(21)14-10-8-6-4-2-1-3-5-7-9-13-17-24-18-19-25-23/h11-12,15-16H,1-9,13,17-19H2. The van der Waals surface area contributed by atoms with E-state index < -0.39 is 0 Å². The highest BCUT2D eigenvalue weighted by molar-refractivity contribution is 14.1. The second-order valence-corrected chi connectivity index (χ2v) is 6.76. The van der Waals surface area contributed by atoms with Crippen LogP contribution in [0.25, 0.3) is 0 Å². The van der Waals surface area contributed by atoms with E-state index in [0.717, 1.165) is 25.9 Å². The summed E-state index contributed by atoms with van der Waals surface area (Å²) in [6.45, 7) is 2.23. The number of rotatable bonds is 14. The van der Waals surface area contributed by atoms with Gasteiger partial charge in [-0.2, -0.15) is 0 Å². The van der Waals surface area contributed by atoms with Crippen LogP contribution < -0.4 is 0 Å². The molecule has 0 saturated carbocycles. The van der Waals surface area contributed by atoms with Crippen molar-refractivity contribution in [3.8, 4) is 11.8 Å². The predicted octanol–water partition coefficient (Wildman–Crippen LogP) is 6.46. The third kappa shape index (κ3) is 13.3. The molecule has 1 aromatic carbocycles. The van der Waals surface area contributed by atoms with Gasteiger partial charge in [-0.05, 0) is 25.0 Å². The van der Waals surface area contributed by atoms with Crippen molar-refractivity contribution in [1.29, 1.82) is 0 Å². The van der Waals surface area contributed by atoms with Gasteiger partial charge >= 0.3 is 0 Å². The lowest BCUT2D eigenvalue weighted by atomic mass is 10.1. The second-order valence-electron chi connectivity index (χ2n) is 6.14. The fourth-order valence-electron chi connectivity index (χ4n) is 2.57. The number of hydrogen-bond acceptors (Lipinski definition) is 2. The Balaban J connectivity index is 1.83. The molecule has 0 aliphatic heterocycles. The Hall–Kier alpha value is -0.640. The maximum absolute atomic E-state index is 13.4.